The molecule has 2 aliphatic rings. The molecular weight excluding hydrogens is 358 g/mol. The van der Waals surface area contributed by atoms with Crippen LogP contribution in [0.4, 0.5) is 5.69 Å². The maximum Gasteiger partial charge on any atom is 0.175 e. The first kappa shape index (κ1) is 20.6. The van der Waals surface area contributed by atoms with Gasteiger partial charge in [0.15, 0.2) is 9.84 Å². The van der Waals surface area contributed by atoms with Crippen molar-refractivity contribution >= 4 is 15.5 Å². The van der Waals surface area contributed by atoms with Crippen molar-refractivity contribution in [1.29, 1.82) is 0 Å². The van der Waals surface area contributed by atoms with E-state index in [1.165, 1.54) is 25.6 Å². The molecule has 0 spiro atoms. The van der Waals surface area contributed by atoms with E-state index in [2.05, 4.69) is 35.9 Å². The Balaban J connectivity index is 1.69. The maximum atomic E-state index is 11.9. The summed E-state index contributed by atoms with van der Waals surface area (Å²) in [6.07, 6.45) is 3.87. The zero-order chi connectivity index (χ0) is 19.6. The monoisotopic (exact) mass is 393 g/mol. The van der Waals surface area contributed by atoms with Crippen molar-refractivity contribution in [3.63, 3.8) is 0 Å². The fraction of sp³-hybridized carbons (Fsp3) is 0.714. The lowest BCUT2D eigenvalue weighted by Gasteiger charge is -2.46. The molecule has 1 N–H and O–H groups in total. The van der Waals surface area contributed by atoms with Crippen LogP contribution in [0.15, 0.2) is 29.2 Å². The van der Waals surface area contributed by atoms with Crippen molar-refractivity contribution in [3.8, 4) is 0 Å². The molecule has 5 nitrogen and oxygen atoms in total. The van der Waals surface area contributed by atoms with E-state index >= 15 is 0 Å². The first-order valence-electron chi connectivity index (χ1n) is 10.3. The van der Waals surface area contributed by atoms with E-state index in [9.17, 15) is 8.42 Å². The lowest BCUT2D eigenvalue weighted by molar-refractivity contribution is 0.106. The van der Waals surface area contributed by atoms with Gasteiger partial charge < -0.3 is 10.2 Å². The van der Waals surface area contributed by atoms with Crippen molar-refractivity contribution in [2.75, 3.05) is 43.9 Å². The molecule has 0 saturated carbocycles. The van der Waals surface area contributed by atoms with Gasteiger partial charge in [-0.25, -0.2) is 8.42 Å². The minimum absolute atomic E-state index is 0.408. The van der Waals surface area contributed by atoms with Crippen LogP contribution in [-0.4, -0.2) is 64.4 Å². The van der Waals surface area contributed by atoms with Gasteiger partial charge >= 0.3 is 0 Å². The number of rotatable bonds is 5. The molecule has 0 amide bonds. The zero-order valence-electron chi connectivity index (χ0n) is 17.2. The Morgan fingerprint density at radius 3 is 2.63 bits per heavy atom. The van der Waals surface area contributed by atoms with E-state index in [0.29, 0.717) is 22.9 Å². The third-order valence-corrected chi connectivity index (χ3v) is 7.28. The van der Waals surface area contributed by atoms with Crippen LogP contribution in [0.5, 0.6) is 0 Å². The fourth-order valence-corrected chi connectivity index (χ4v) is 5.06. The summed E-state index contributed by atoms with van der Waals surface area (Å²) in [5.74, 6) is 1.31. The van der Waals surface area contributed by atoms with Gasteiger partial charge in [0.05, 0.1) is 4.90 Å². The smallest absolute Gasteiger partial charge is 0.175 e. The molecule has 27 heavy (non-hydrogen) atoms. The number of hydrogen-bond donors (Lipinski definition) is 1. The molecule has 2 saturated heterocycles. The highest BCUT2D eigenvalue weighted by Gasteiger charge is 2.31. The van der Waals surface area contributed by atoms with Gasteiger partial charge in [-0.2, -0.15) is 0 Å². The van der Waals surface area contributed by atoms with Crippen LogP contribution in [-0.2, 0) is 9.84 Å². The molecule has 0 aliphatic carbocycles. The summed E-state index contributed by atoms with van der Waals surface area (Å²) >= 11 is 0. The predicted octanol–water partition coefficient (Wildman–Crippen LogP) is 2.62. The van der Waals surface area contributed by atoms with Crippen LogP contribution >= 0.6 is 0 Å². The number of hydrogen-bond acceptors (Lipinski definition) is 5. The van der Waals surface area contributed by atoms with E-state index in [4.69, 9.17) is 0 Å². The lowest BCUT2D eigenvalue weighted by atomic mass is 9.92. The second-order valence-electron chi connectivity index (χ2n) is 8.77. The Labute approximate surface area is 165 Å². The summed E-state index contributed by atoms with van der Waals surface area (Å²) < 4.78 is 23.8. The summed E-state index contributed by atoms with van der Waals surface area (Å²) in [4.78, 5) is 5.44. The number of nitrogens with one attached hydrogen (secondary N) is 1. The first-order valence-corrected chi connectivity index (χ1v) is 12.2. The third kappa shape index (κ3) is 5.24. The standard InChI is InChI=1S/C21H35N3O2S/c1-16(2)21-15-23(19-6-5-7-20(12-19)27(4,25)26)10-11-24(21)14-18-9-8-17(3)22-13-18/h5-7,12,16-18,21-22H,8-11,13-15H2,1-4H3/t17?,18?,21-/m1/s1. The Kier molecular flexibility index (Phi) is 6.49. The summed E-state index contributed by atoms with van der Waals surface area (Å²) in [6, 6.07) is 8.56. The fourth-order valence-electron chi connectivity index (χ4n) is 4.40. The second kappa shape index (κ2) is 8.50. The van der Waals surface area contributed by atoms with E-state index in [1.54, 1.807) is 6.07 Å². The highest BCUT2D eigenvalue weighted by atomic mass is 32.2. The summed E-state index contributed by atoms with van der Waals surface area (Å²) in [5.41, 5.74) is 1.02. The minimum Gasteiger partial charge on any atom is -0.369 e. The van der Waals surface area contributed by atoms with E-state index in [-0.39, 0.29) is 0 Å². The second-order valence-corrected chi connectivity index (χ2v) is 10.8. The molecular formula is C21H35N3O2S. The predicted molar refractivity (Wildman–Crippen MR) is 112 cm³/mol. The van der Waals surface area contributed by atoms with Crippen LogP contribution in [0.2, 0.25) is 0 Å². The average molecular weight is 394 g/mol. The molecule has 2 unspecified atom stereocenters. The highest BCUT2D eigenvalue weighted by Crippen LogP contribution is 2.26. The van der Waals surface area contributed by atoms with Crippen LogP contribution in [0.3, 0.4) is 0 Å². The summed E-state index contributed by atoms with van der Waals surface area (Å²) in [6.45, 7) is 12.1. The van der Waals surface area contributed by atoms with Gasteiger partial charge in [-0.1, -0.05) is 19.9 Å². The first-order chi connectivity index (χ1) is 12.7. The zero-order valence-corrected chi connectivity index (χ0v) is 18.0. The van der Waals surface area contributed by atoms with Crippen molar-refractivity contribution in [2.45, 2.75) is 50.6 Å². The molecule has 1 aromatic carbocycles. The SMILES string of the molecule is CC1CCC(CN2CCN(c3cccc(S(C)(=O)=O)c3)C[C@@H]2C(C)C)CN1. The molecule has 0 bridgehead atoms. The van der Waals surface area contributed by atoms with Crippen molar-refractivity contribution in [1.82, 2.24) is 10.2 Å². The van der Waals surface area contributed by atoms with Gasteiger partial charge in [0.2, 0.25) is 0 Å². The number of piperazine rings is 1. The van der Waals surface area contributed by atoms with Gasteiger partial charge in [-0.05, 0) is 56.3 Å². The number of benzene rings is 1. The molecule has 1 aromatic rings. The van der Waals surface area contributed by atoms with E-state index in [1.807, 2.05) is 18.2 Å². The van der Waals surface area contributed by atoms with Gasteiger partial charge in [0, 0.05) is 50.2 Å². The molecule has 152 valence electrons. The molecule has 3 atom stereocenters. The Hall–Kier alpha value is -1.11. The normalized spacial score (nSPS) is 27.9. The quantitative estimate of drug-likeness (QED) is 0.833. The topological polar surface area (TPSA) is 52.7 Å². The number of piperidine rings is 1. The van der Waals surface area contributed by atoms with Gasteiger partial charge in [-0.3, -0.25) is 4.90 Å². The Morgan fingerprint density at radius 2 is 2.00 bits per heavy atom. The van der Waals surface area contributed by atoms with Gasteiger partial charge in [0.1, 0.15) is 0 Å². The van der Waals surface area contributed by atoms with Gasteiger partial charge in [-0.15, -0.1) is 0 Å². The average Bonchev–Trinajstić information content (AvgIpc) is 2.63. The number of anilines is 1. The van der Waals surface area contributed by atoms with Crippen molar-refractivity contribution in [2.24, 2.45) is 11.8 Å². The molecule has 2 fully saturated rings. The van der Waals surface area contributed by atoms with Crippen LogP contribution in [0.1, 0.15) is 33.6 Å². The highest BCUT2D eigenvalue weighted by molar-refractivity contribution is 7.90. The third-order valence-electron chi connectivity index (χ3n) is 6.17. The van der Waals surface area contributed by atoms with Crippen LogP contribution < -0.4 is 10.2 Å². The molecule has 0 radical (unpaired) electrons. The maximum absolute atomic E-state index is 11.9. The summed E-state index contributed by atoms with van der Waals surface area (Å²) in [5, 5.41) is 3.63. The lowest BCUT2D eigenvalue weighted by Crippen LogP contribution is -2.57. The van der Waals surface area contributed by atoms with E-state index < -0.39 is 9.84 Å². The number of sulfone groups is 1. The molecule has 2 aliphatic heterocycles. The summed E-state index contributed by atoms with van der Waals surface area (Å²) in [7, 11) is -3.17. The molecule has 2 heterocycles. The molecule has 6 heteroatoms. The Morgan fingerprint density at radius 1 is 1.22 bits per heavy atom. The molecule has 0 aromatic heterocycles. The number of nitrogens with zero attached hydrogens (tertiary/aromatic N) is 2. The van der Waals surface area contributed by atoms with Crippen LogP contribution in [0, 0.1) is 11.8 Å². The van der Waals surface area contributed by atoms with E-state index in [0.717, 1.165) is 37.8 Å². The van der Waals surface area contributed by atoms with Crippen LogP contribution in [0.25, 0.3) is 0 Å². The Bertz CT molecular complexity index is 727. The molecule has 3 rings (SSSR count). The minimum atomic E-state index is -3.17. The largest absolute Gasteiger partial charge is 0.369 e. The van der Waals surface area contributed by atoms with Crippen molar-refractivity contribution in [3.05, 3.63) is 24.3 Å². The van der Waals surface area contributed by atoms with Crippen molar-refractivity contribution < 1.29 is 8.42 Å². The van der Waals surface area contributed by atoms with Gasteiger partial charge in [0.25, 0.3) is 0 Å².